The standard InChI is InChI=1S/C19H19ClN2O4S/c1-10-7-12(9-13(20)8-10)16-15-6-4-5-14(11(2)22-27(3,25)26)17(15)21-18(16)19(23)24/h4-9,11,21-22H,1-3H3,(H,23,24). The van der Waals surface area contributed by atoms with Gasteiger partial charge < -0.3 is 10.1 Å². The van der Waals surface area contributed by atoms with Crippen molar-refractivity contribution in [3.63, 3.8) is 0 Å². The van der Waals surface area contributed by atoms with E-state index in [-0.39, 0.29) is 5.69 Å². The van der Waals surface area contributed by atoms with E-state index < -0.39 is 22.0 Å². The minimum atomic E-state index is -3.42. The van der Waals surface area contributed by atoms with E-state index in [1.165, 1.54) is 0 Å². The molecule has 1 atom stereocenters. The summed E-state index contributed by atoms with van der Waals surface area (Å²) >= 11 is 6.17. The SMILES string of the molecule is Cc1cc(Cl)cc(-c2c(C(=O)O)[nH]c3c(C(C)NS(C)(=O)=O)cccc23)c1. The first-order chi connectivity index (χ1) is 12.6. The first-order valence-electron chi connectivity index (χ1n) is 8.19. The Balaban J connectivity index is 2.30. The van der Waals surface area contributed by atoms with Crippen molar-refractivity contribution in [2.45, 2.75) is 19.9 Å². The van der Waals surface area contributed by atoms with Crippen LogP contribution >= 0.6 is 11.6 Å². The van der Waals surface area contributed by atoms with E-state index in [1.807, 2.05) is 13.0 Å². The molecule has 3 rings (SSSR count). The number of carboxylic acid groups (broad SMARTS) is 1. The van der Waals surface area contributed by atoms with Crippen molar-refractivity contribution in [2.75, 3.05) is 6.26 Å². The highest BCUT2D eigenvalue weighted by Crippen LogP contribution is 2.37. The highest BCUT2D eigenvalue weighted by Gasteiger charge is 2.22. The molecule has 0 amide bonds. The molecule has 0 fully saturated rings. The molecule has 1 heterocycles. The van der Waals surface area contributed by atoms with Gasteiger partial charge in [-0.15, -0.1) is 0 Å². The molecular weight excluding hydrogens is 388 g/mol. The van der Waals surface area contributed by atoms with Gasteiger partial charge in [-0.05, 0) is 42.7 Å². The van der Waals surface area contributed by atoms with Crippen molar-refractivity contribution in [1.82, 2.24) is 9.71 Å². The number of aromatic carboxylic acids is 1. The van der Waals surface area contributed by atoms with E-state index in [2.05, 4.69) is 9.71 Å². The normalized spacial score (nSPS) is 13.0. The lowest BCUT2D eigenvalue weighted by Crippen LogP contribution is -2.25. The van der Waals surface area contributed by atoms with Crippen molar-refractivity contribution in [3.8, 4) is 11.1 Å². The van der Waals surface area contributed by atoms with Crippen LogP contribution in [0.3, 0.4) is 0 Å². The number of carbonyl (C=O) groups is 1. The molecule has 1 aromatic heterocycles. The molecule has 8 heteroatoms. The summed E-state index contributed by atoms with van der Waals surface area (Å²) in [6, 6.07) is 10.2. The predicted molar refractivity (Wildman–Crippen MR) is 107 cm³/mol. The highest BCUT2D eigenvalue weighted by atomic mass is 35.5. The lowest BCUT2D eigenvalue weighted by atomic mass is 9.98. The Kier molecular flexibility index (Phi) is 5.03. The summed E-state index contributed by atoms with van der Waals surface area (Å²) in [6.45, 7) is 3.59. The zero-order chi connectivity index (χ0) is 19.9. The molecule has 0 aliphatic heterocycles. The molecule has 1 unspecified atom stereocenters. The molecule has 0 bridgehead atoms. The average molecular weight is 407 g/mol. The molecule has 27 heavy (non-hydrogen) atoms. The number of rotatable bonds is 5. The van der Waals surface area contributed by atoms with Crippen molar-refractivity contribution in [1.29, 1.82) is 0 Å². The molecule has 3 aromatic rings. The van der Waals surface area contributed by atoms with Gasteiger partial charge in [-0.3, -0.25) is 0 Å². The van der Waals surface area contributed by atoms with Crippen LogP contribution in [0.2, 0.25) is 5.02 Å². The number of sulfonamides is 1. The monoisotopic (exact) mass is 406 g/mol. The Labute approximate surface area is 162 Å². The average Bonchev–Trinajstić information content (AvgIpc) is 2.91. The third kappa shape index (κ3) is 4.00. The van der Waals surface area contributed by atoms with Crippen molar-refractivity contribution < 1.29 is 18.3 Å². The summed E-state index contributed by atoms with van der Waals surface area (Å²) in [5.74, 6) is -1.10. The van der Waals surface area contributed by atoms with Gasteiger partial charge in [0, 0.05) is 22.0 Å². The lowest BCUT2D eigenvalue weighted by molar-refractivity contribution is 0.0692. The maximum absolute atomic E-state index is 11.9. The second kappa shape index (κ2) is 6.99. The third-order valence-corrected chi connectivity index (χ3v) is 5.27. The molecular formula is C19H19ClN2O4S. The van der Waals surface area contributed by atoms with Crippen LogP contribution in [0, 0.1) is 6.92 Å². The zero-order valence-electron chi connectivity index (χ0n) is 15.0. The van der Waals surface area contributed by atoms with Gasteiger partial charge in [-0.2, -0.15) is 0 Å². The van der Waals surface area contributed by atoms with E-state index in [0.29, 0.717) is 32.6 Å². The second-order valence-corrected chi connectivity index (χ2v) is 8.80. The van der Waals surface area contributed by atoms with Gasteiger partial charge in [-0.25, -0.2) is 17.9 Å². The van der Waals surface area contributed by atoms with E-state index >= 15 is 0 Å². The number of para-hydroxylation sites is 1. The van der Waals surface area contributed by atoms with E-state index in [0.717, 1.165) is 11.8 Å². The van der Waals surface area contributed by atoms with Gasteiger partial charge in [0.2, 0.25) is 10.0 Å². The molecule has 0 saturated carbocycles. The number of aryl methyl sites for hydroxylation is 1. The predicted octanol–water partition coefficient (Wildman–Crippen LogP) is 4.11. The number of aromatic amines is 1. The van der Waals surface area contributed by atoms with Gasteiger partial charge in [-0.1, -0.05) is 35.9 Å². The summed E-state index contributed by atoms with van der Waals surface area (Å²) in [7, 11) is -3.42. The maximum Gasteiger partial charge on any atom is 0.352 e. The topological polar surface area (TPSA) is 99.3 Å². The van der Waals surface area contributed by atoms with Gasteiger partial charge in [0.1, 0.15) is 5.69 Å². The Morgan fingerprint density at radius 2 is 1.96 bits per heavy atom. The zero-order valence-corrected chi connectivity index (χ0v) is 16.6. The van der Waals surface area contributed by atoms with Crippen LogP contribution < -0.4 is 4.72 Å². The number of nitrogens with one attached hydrogen (secondary N) is 2. The largest absolute Gasteiger partial charge is 0.477 e. The molecule has 0 aliphatic rings. The minimum absolute atomic E-state index is 0.0330. The van der Waals surface area contributed by atoms with Gasteiger partial charge in [0.05, 0.1) is 11.8 Å². The number of benzene rings is 2. The molecule has 0 spiro atoms. The summed E-state index contributed by atoms with van der Waals surface area (Å²) in [4.78, 5) is 14.8. The third-order valence-electron chi connectivity index (χ3n) is 4.27. The van der Waals surface area contributed by atoms with Crippen LogP contribution in [0.1, 0.15) is 34.6 Å². The first-order valence-corrected chi connectivity index (χ1v) is 10.5. The van der Waals surface area contributed by atoms with E-state index in [4.69, 9.17) is 11.6 Å². The van der Waals surface area contributed by atoms with Crippen molar-refractivity contribution in [2.24, 2.45) is 0 Å². The van der Waals surface area contributed by atoms with Crippen LogP contribution in [0.25, 0.3) is 22.0 Å². The highest BCUT2D eigenvalue weighted by molar-refractivity contribution is 7.88. The quantitative estimate of drug-likeness (QED) is 0.593. The fourth-order valence-corrected chi connectivity index (χ4v) is 4.39. The summed E-state index contributed by atoms with van der Waals surface area (Å²) in [5.41, 5.74) is 3.38. The number of halogens is 1. The second-order valence-electron chi connectivity index (χ2n) is 6.58. The Morgan fingerprint density at radius 1 is 1.26 bits per heavy atom. The molecule has 0 radical (unpaired) electrons. The number of hydrogen-bond donors (Lipinski definition) is 3. The number of aromatic nitrogens is 1. The first kappa shape index (κ1) is 19.4. The number of fused-ring (bicyclic) bond motifs is 1. The van der Waals surface area contributed by atoms with Crippen LogP contribution in [0.15, 0.2) is 36.4 Å². The smallest absolute Gasteiger partial charge is 0.352 e. The lowest BCUT2D eigenvalue weighted by Gasteiger charge is -2.13. The van der Waals surface area contributed by atoms with Crippen molar-refractivity contribution in [3.05, 3.63) is 58.2 Å². The van der Waals surface area contributed by atoms with Crippen molar-refractivity contribution >= 4 is 38.5 Å². The van der Waals surface area contributed by atoms with E-state index in [1.54, 1.807) is 37.3 Å². The Hall–Kier alpha value is -2.35. The molecule has 142 valence electrons. The molecule has 2 aromatic carbocycles. The van der Waals surface area contributed by atoms with Crippen LogP contribution in [-0.2, 0) is 10.0 Å². The van der Waals surface area contributed by atoms with Gasteiger partial charge >= 0.3 is 5.97 Å². The number of H-pyrrole nitrogens is 1. The number of hydrogen-bond acceptors (Lipinski definition) is 3. The molecule has 6 nitrogen and oxygen atoms in total. The molecule has 0 aliphatic carbocycles. The molecule has 3 N–H and O–H groups in total. The molecule has 0 saturated heterocycles. The summed E-state index contributed by atoms with van der Waals surface area (Å²) in [6.07, 6.45) is 1.08. The van der Waals surface area contributed by atoms with Gasteiger partial charge in [0.15, 0.2) is 0 Å². The minimum Gasteiger partial charge on any atom is -0.477 e. The van der Waals surface area contributed by atoms with Gasteiger partial charge in [0.25, 0.3) is 0 Å². The fraction of sp³-hybridized carbons (Fsp3) is 0.211. The Morgan fingerprint density at radius 3 is 2.56 bits per heavy atom. The van der Waals surface area contributed by atoms with Crippen LogP contribution in [0.5, 0.6) is 0 Å². The van der Waals surface area contributed by atoms with E-state index in [9.17, 15) is 18.3 Å². The number of carboxylic acids is 1. The Bertz CT molecular complexity index is 1130. The maximum atomic E-state index is 11.9. The van der Waals surface area contributed by atoms with Crippen LogP contribution in [-0.4, -0.2) is 30.7 Å². The summed E-state index contributed by atoms with van der Waals surface area (Å²) in [5, 5.41) is 10.9. The van der Waals surface area contributed by atoms with Crippen LogP contribution in [0.4, 0.5) is 0 Å². The summed E-state index contributed by atoms with van der Waals surface area (Å²) < 4.78 is 25.7. The fourth-order valence-electron chi connectivity index (χ4n) is 3.33.